The minimum absolute atomic E-state index is 0.0720. The first-order chi connectivity index (χ1) is 23.2. The number of rotatable bonds is 9. The molecule has 2 fully saturated rings. The van der Waals surface area contributed by atoms with Crippen molar-refractivity contribution >= 4 is 68.3 Å². The molecule has 0 bridgehead atoms. The molecule has 0 unspecified atom stereocenters. The van der Waals surface area contributed by atoms with Gasteiger partial charge in [0.25, 0.3) is 0 Å². The van der Waals surface area contributed by atoms with E-state index in [0.717, 1.165) is 74.4 Å². The maximum Gasteiger partial charge on any atom is 0.325 e. The van der Waals surface area contributed by atoms with E-state index >= 15 is 0 Å². The Morgan fingerprint density at radius 1 is 0.646 bits per heavy atom. The quantitative estimate of drug-likeness (QED) is 0.127. The molecule has 252 valence electrons. The highest BCUT2D eigenvalue weighted by molar-refractivity contribution is 7.10. The highest BCUT2D eigenvalue weighted by Crippen LogP contribution is 2.32. The zero-order chi connectivity index (χ0) is 34.0. The number of ketones is 2. The van der Waals surface area contributed by atoms with E-state index in [-0.39, 0.29) is 29.3 Å². The van der Waals surface area contributed by atoms with Crippen molar-refractivity contribution in [2.24, 2.45) is 11.8 Å². The van der Waals surface area contributed by atoms with Gasteiger partial charge in [-0.25, -0.2) is 19.6 Å². The molecule has 2 aliphatic carbocycles. The van der Waals surface area contributed by atoms with Crippen molar-refractivity contribution in [3.8, 4) is 0 Å². The maximum absolute atomic E-state index is 12.7. The third-order valence-corrected chi connectivity index (χ3v) is 9.63. The summed E-state index contributed by atoms with van der Waals surface area (Å²) < 4.78 is 8.22. The maximum atomic E-state index is 12.7. The molecular formula is C34H40N8O4S2. The fraction of sp³-hybridized carbons (Fsp3) is 0.412. The van der Waals surface area contributed by atoms with Crippen LogP contribution >= 0.6 is 23.1 Å². The molecule has 2 aliphatic rings. The van der Waals surface area contributed by atoms with Crippen molar-refractivity contribution < 1.29 is 19.2 Å². The number of urea groups is 2. The summed E-state index contributed by atoms with van der Waals surface area (Å²) in [4.78, 5) is 58.0. The highest BCUT2D eigenvalue weighted by Gasteiger charge is 2.27. The van der Waals surface area contributed by atoms with E-state index in [0.29, 0.717) is 44.4 Å². The molecule has 0 spiro atoms. The van der Waals surface area contributed by atoms with Gasteiger partial charge in [0, 0.05) is 51.9 Å². The highest BCUT2D eigenvalue weighted by atomic mass is 32.1. The first-order valence-corrected chi connectivity index (χ1v) is 17.8. The van der Waals surface area contributed by atoms with Crippen LogP contribution in [-0.2, 0) is 0 Å². The number of para-hydroxylation sites is 2. The predicted octanol–water partition coefficient (Wildman–Crippen LogP) is 8.54. The first-order valence-electron chi connectivity index (χ1n) is 16.2. The fourth-order valence-electron chi connectivity index (χ4n) is 5.80. The van der Waals surface area contributed by atoms with Crippen molar-refractivity contribution in [1.29, 1.82) is 0 Å². The van der Waals surface area contributed by atoms with E-state index < -0.39 is 12.1 Å². The van der Waals surface area contributed by atoms with Crippen LogP contribution in [0.25, 0.3) is 0 Å². The molecule has 4 aromatic rings. The van der Waals surface area contributed by atoms with Gasteiger partial charge < -0.3 is 10.6 Å². The van der Waals surface area contributed by atoms with Crippen LogP contribution < -0.4 is 21.3 Å². The molecule has 48 heavy (non-hydrogen) atoms. The minimum Gasteiger partial charge on any atom is -0.307 e. The topological polar surface area (TPSA) is 168 Å². The second kappa shape index (κ2) is 16.5. The Labute approximate surface area is 287 Å². The standard InChI is InChI=1S/C18H22N4O2S.C16H18N4O2S/c1-11(2)16-20-18(25-22-16)21-17(24)19-14-10-6-5-9-13(14)15(23)12-7-3-4-8-12;1-10-17-16(23-20-10)19-15(22)18-13-9-5-4-8-12(13)14(21)11-6-2-3-7-11/h5-6,9-12H,3-4,7-8H2,1-2H3,(H2,19,20,21,22,24);4-5,8-9,11H,2-3,6-7H2,1H3,(H2,17,18,19,20,22). The molecule has 2 aromatic heterocycles. The molecule has 6 rings (SSSR count). The SMILES string of the molecule is CC(C)c1nsc(NC(=O)Nc2ccccc2C(=O)C2CCCC2)n1.Cc1nsc(NC(=O)Nc2ccccc2C(=O)C2CCCC2)n1. The van der Waals surface area contributed by atoms with Crippen LogP contribution in [0.4, 0.5) is 31.2 Å². The molecule has 4 N–H and O–H groups in total. The molecule has 2 aromatic carbocycles. The van der Waals surface area contributed by atoms with Crippen LogP contribution in [-0.4, -0.2) is 42.3 Å². The Bertz CT molecular complexity index is 1740. The van der Waals surface area contributed by atoms with Gasteiger partial charge in [0.15, 0.2) is 11.6 Å². The summed E-state index contributed by atoms with van der Waals surface area (Å²) in [6, 6.07) is 13.5. The van der Waals surface area contributed by atoms with E-state index in [9.17, 15) is 19.2 Å². The lowest BCUT2D eigenvalue weighted by Gasteiger charge is -2.13. The molecule has 2 saturated carbocycles. The van der Waals surface area contributed by atoms with Gasteiger partial charge in [-0.3, -0.25) is 20.2 Å². The molecule has 2 heterocycles. The third kappa shape index (κ3) is 9.28. The summed E-state index contributed by atoms with van der Waals surface area (Å²) in [5.41, 5.74) is 2.21. The zero-order valence-electron chi connectivity index (χ0n) is 27.2. The lowest BCUT2D eigenvalue weighted by molar-refractivity contribution is 0.0916. The van der Waals surface area contributed by atoms with Crippen molar-refractivity contribution in [2.75, 3.05) is 21.3 Å². The number of nitrogens with zero attached hydrogens (tertiary/aromatic N) is 4. The smallest absolute Gasteiger partial charge is 0.307 e. The molecule has 4 amide bonds. The lowest BCUT2D eigenvalue weighted by Crippen LogP contribution is -2.22. The molecule has 0 atom stereocenters. The Morgan fingerprint density at radius 2 is 1.08 bits per heavy atom. The van der Waals surface area contributed by atoms with Gasteiger partial charge >= 0.3 is 12.1 Å². The Balaban J connectivity index is 0.000000188. The fourth-order valence-corrected chi connectivity index (χ4v) is 7.07. The number of amides is 4. The molecule has 0 saturated heterocycles. The number of hydrogen-bond donors (Lipinski definition) is 4. The van der Waals surface area contributed by atoms with Crippen LogP contribution in [0.3, 0.4) is 0 Å². The number of nitrogens with one attached hydrogen (secondary N) is 4. The number of hydrogen-bond acceptors (Lipinski definition) is 10. The summed E-state index contributed by atoms with van der Waals surface area (Å²) in [5.74, 6) is 1.91. The number of aryl methyl sites for hydroxylation is 1. The molecule has 0 aliphatic heterocycles. The zero-order valence-corrected chi connectivity index (χ0v) is 28.9. The van der Waals surface area contributed by atoms with Crippen molar-refractivity contribution in [3.63, 3.8) is 0 Å². The number of anilines is 4. The summed E-state index contributed by atoms with van der Waals surface area (Å²) in [5, 5.41) is 11.7. The number of aromatic nitrogens is 4. The van der Waals surface area contributed by atoms with Crippen LogP contribution in [0.1, 0.15) is 103 Å². The lowest BCUT2D eigenvalue weighted by atomic mass is 9.95. The van der Waals surface area contributed by atoms with Crippen molar-refractivity contribution in [3.05, 3.63) is 71.3 Å². The Morgan fingerprint density at radius 3 is 1.50 bits per heavy atom. The van der Waals surface area contributed by atoms with E-state index in [1.165, 1.54) is 0 Å². The number of carbonyl (C=O) groups is 4. The number of Topliss-reactive ketones (excluding diaryl/α,β-unsaturated/α-hetero) is 2. The monoisotopic (exact) mass is 688 g/mol. The largest absolute Gasteiger partial charge is 0.325 e. The summed E-state index contributed by atoms with van der Waals surface area (Å²) in [6.45, 7) is 5.75. The second-order valence-corrected chi connectivity index (χ2v) is 13.7. The summed E-state index contributed by atoms with van der Waals surface area (Å²) in [7, 11) is 0. The van der Waals surface area contributed by atoms with Crippen LogP contribution in [0.15, 0.2) is 48.5 Å². The predicted molar refractivity (Wildman–Crippen MR) is 189 cm³/mol. The third-order valence-electron chi connectivity index (χ3n) is 8.26. The molecule has 14 heteroatoms. The van der Waals surface area contributed by atoms with Gasteiger partial charge in [0.1, 0.15) is 11.6 Å². The van der Waals surface area contributed by atoms with E-state index in [4.69, 9.17) is 0 Å². The van der Waals surface area contributed by atoms with Crippen LogP contribution in [0.2, 0.25) is 0 Å². The van der Waals surface area contributed by atoms with Gasteiger partial charge in [0.2, 0.25) is 10.3 Å². The second-order valence-electron chi connectivity index (χ2n) is 12.2. The molecular weight excluding hydrogens is 649 g/mol. The van der Waals surface area contributed by atoms with Gasteiger partial charge in [-0.2, -0.15) is 8.75 Å². The van der Waals surface area contributed by atoms with Crippen LogP contribution in [0, 0.1) is 18.8 Å². The van der Waals surface area contributed by atoms with E-state index in [2.05, 4.69) is 40.0 Å². The number of benzene rings is 2. The van der Waals surface area contributed by atoms with Crippen molar-refractivity contribution in [2.45, 2.75) is 78.1 Å². The molecule has 0 radical (unpaired) electrons. The molecule has 12 nitrogen and oxygen atoms in total. The Kier molecular flexibility index (Phi) is 12.0. The van der Waals surface area contributed by atoms with Gasteiger partial charge in [-0.15, -0.1) is 0 Å². The van der Waals surface area contributed by atoms with Gasteiger partial charge in [-0.1, -0.05) is 63.8 Å². The van der Waals surface area contributed by atoms with Crippen LogP contribution in [0.5, 0.6) is 0 Å². The first kappa shape index (κ1) is 34.8. The van der Waals surface area contributed by atoms with E-state index in [1.54, 1.807) is 37.3 Å². The van der Waals surface area contributed by atoms with Gasteiger partial charge in [0.05, 0.1) is 11.4 Å². The summed E-state index contributed by atoms with van der Waals surface area (Å²) in [6.07, 6.45) is 8.13. The number of carbonyl (C=O) groups excluding carboxylic acids is 4. The van der Waals surface area contributed by atoms with Gasteiger partial charge in [-0.05, 0) is 56.9 Å². The normalized spacial score (nSPS) is 14.7. The minimum atomic E-state index is -0.423. The summed E-state index contributed by atoms with van der Waals surface area (Å²) >= 11 is 2.27. The average molecular weight is 689 g/mol. The van der Waals surface area contributed by atoms with Crippen molar-refractivity contribution in [1.82, 2.24) is 18.7 Å². The average Bonchev–Trinajstić information content (AvgIpc) is 3.90. The van der Waals surface area contributed by atoms with E-state index in [1.807, 2.05) is 32.0 Å². The Hall–Kier alpha value is -4.56.